The van der Waals surface area contributed by atoms with Crippen LogP contribution in [0.4, 0.5) is 0 Å². The van der Waals surface area contributed by atoms with Crippen LogP contribution in [-0.4, -0.2) is 56.3 Å². The minimum absolute atomic E-state index is 0.173. The summed E-state index contributed by atoms with van der Waals surface area (Å²) in [6.45, 7) is 10.0. The summed E-state index contributed by atoms with van der Waals surface area (Å²) in [5.74, 6) is 0.362. The number of ether oxygens (including phenoxy) is 2. The van der Waals surface area contributed by atoms with E-state index in [4.69, 9.17) is 13.9 Å². The van der Waals surface area contributed by atoms with Crippen LogP contribution >= 0.6 is 0 Å². The lowest BCUT2D eigenvalue weighted by Crippen LogP contribution is -2.43. The molecule has 3 rings (SSSR count). The third-order valence-electron chi connectivity index (χ3n) is 4.82. The van der Waals surface area contributed by atoms with Crippen molar-refractivity contribution in [3.05, 3.63) is 39.7 Å². The number of morpholine rings is 1. The number of nitrogens with zero attached hydrogens (tertiary/aromatic N) is 1. The van der Waals surface area contributed by atoms with Gasteiger partial charge in [0.25, 0.3) is 5.91 Å². The lowest BCUT2D eigenvalue weighted by molar-refractivity contribution is -0.127. The highest BCUT2D eigenvalue weighted by atomic mass is 16.5. The van der Waals surface area contributed by atoms with Gasteiger partial charge < -0.3 is 19.2 Å². The molecule has 2 aromatic rings. The Balaban J connectivity index is 1.61. The molecule has 7 heteroatoms. The fourth-order valence-electron chi connectivity index (χ4n) is 3.18. The number of hydrogen-bond acceptors (Lipinski definition) is 6. The van der Waals surface area contributed by atoms with E-state index in [2.05, 4.69) is 10.2 Å². The first-order valence-electron chi connectivity index (χ1n) is 9.24. The second kappa shape index (κ2) is 8.54. The first kappa shape index (κ1) is 19.4. The molecule has 0 bridgehead atoms. The Morgan fingerprint density at radius 3 is 2.78 bits per heavy atom. The molecule has 0 saturated carbocycles. The van der Waals surface area contributed by atoms with Gasteiger partial charge in [0.2, 0.25) is 0 Å². The maximum absolute atomic E-state index is 12.3. The van der Waals surface area contributed by atoms with Gasteiger partial charge in [-0.3, -0.25) is 9.69 Å². The predicted octanol–water partition coefficient (Wildman–Crippen LogP) is 1.63. The van der Waals surface area contributed by atoms with Gasteiger partial charge in [-0.1, -0.05) is 0 Å². The van der Waals surface area contributed by atoms with E-state index in [9.17, 15) is 9.59 Å². The van der Waals surface area contributed by atoms with Crippen molar-refractivity contribution in [2.24, 2.45) is 0 Å². The van der Waals surface area contributed by atoms with Gasteiger partial charge >= 0.3 is 5.63 Å². The number of aryl methyl sites for hydroxylation is 2. The van der Waals surface area contributed by atoms with Crippen LogP contribution < -0.4 is 15.7 Å². The number of fused-ring (bicyclic) bond motifs is 1. The molecule has 0 unspecified atom stereocenters. The number of hydrogen-bond donors (Lipinski definition) is 1. The molecule has 1 aromatic carbocycles. The molecule has 2 heterocycles. The van der Waals surface area contributed by atoms with E-state index in [1.807, 2.05) is 26.0 Å². The molecular formula is C20H26N2O5. The Morgan fingerprint density at radius 2 is 2.04 bits per heavy atom. The van der Waals surface area contributed by atoms with E-state index in [-0.39, 0.29) is 5.91 Å². The fourth-order valence-corrected chi connectivity index (χ4v) is 3.18. The number of nitrogens with one attached hydrogen (secondary N) is 1. The normalized spacial score (nSPS) is 16.3. The average Bonchev–Trinajstić information content (AvgIpc) is 2.65. The van der Waals surface area contributed by atoms with Gasteiger partial charge in [0.05, 0.1) is 13.2 Å². The Kier molecular flexibility index (Phi) is 6.13. The number of carbonyl (C=O) groups excluding carboxylic acids is 1. The van der Waals surface area contributed by atoms with Crippen molar-refractivity contribution in [2.75, 3.05) is 39.4 Å². The zero-order valence-electron chi connectivity index (χ0n) is 16.0. The summed E-state index contributed by atoms with van der Waals surface area (Å²) in [4.78, 5) is 26.2. The highest BCUT2D eigenvalue weighted by Gasteiger charge is 2.18. The standard InChI is InChI=1S/C20H26N2O5/c1-13-12-18(23)27-19-14(2)17(5-4-16(13)19)26-15(3)20(24)21-6-7-22-8-10-25-11-9-22/h4-5,12,15H,6-11H2,1-3H3,(H,21,24)/t15-/m1/s1. The third kappa shape index (κ3) is 4.67. The monoisotopic (exact) mass is 374 g/mol. The molecule has 1 aromatic heterocycles. The van der Waals surface area contributed by atoms with E-state index in [0.29, 0.717) is 23.4 Å². The summed E-state index contributed by atoms with van der Waals surface area (Å²) in [5, 5.41) is 3.77. The lowest BCUT2D eigenvalue weighted by Gasteiger charge is -2.26. The Bertz CT molecular complexity index is 871. The molecule has 27 heavy (non-hydrogen) atoms. The minimum Gasteiger partial charge on any atom is -0.480 e. The number of carbonyl (C=O) groups is 1. The smallest absolute Gasteiger partial charge is 0.336 e. The Hall–Kier alpha value is -2.38. The van der Waals surface area contributed by atoms with Gasteiger partial charge in [0, 0.05) is 43.2 Å². The highest BCUT2D eigenvalue weighted by Crippen LogP contribution is 2.28. The number of amides is 1. The van der Waals surface area contributed by atoms with Crippen molar-refractivity contribution in [2.45, 2.75) is 26.9 Å². The molecule has 146 valence electrons. The van der Waals surface area contributed by atoms with Crippen molar-refractivity contribution >= 4 is 16.9 Å². The van der Waals surface area contributed by atoms with Crippen molar-refractivity contribution in [3.8, 4) is 5.75 Å². The maximum Gasteiger partial charge on any atom is 0.336 e. The summed E-state index contributed by atoms with van der Waals surface area (Å²) < 4.78 is 16.5. The van der Waals surface area contributed by atoms with Gasteiger partial charge in [-0.2, -0.15) is 0 Å². The first-order chi connectivity index (χ1) is 13.0. The van der Waals surface area contributed by atoms with Crippen LogP contribution in [0.15, 0.2) is 27.4 Å². The summed E-state index contributed by atoms with van der Waals surface area (Å²) in [6, 6.07) is 5.12. The quantitative estimate of drug-likeness (QED) is 0.774. The maximum atomic E-state index is 12.3. The second-order valence-corrected chi connectivity index (χ2v) is 6.82. The minimum atomic E-state index is -0.651. The van der Waals surface area contributed by atoms with Crippen LogP contribution in [-0.2, 0) is 9.53 Å². The van der Waals surface area contributed by atoms with Crippen molar-refractivity contribution in [3.63, 3.8) is 0 Å². The zero-order valence-corrected chi connectivity index (χ0v) is 16.0. The van der Waals surface area contributed by atoms with Crippen LogP contribution in [0.5, 0.6) is 5.75 Å². The van der Waals surface area contributed by atoms with Crippen LogP contribution in [0.1, 0.15) is 18.1 Å². The van der Waals surface area contributed by atoms with Gasteiger partial charge in [0.15, 0.2) is 6.10 Å². The third-order valence-corrected chi connectivity index (χ3v) is 4.82. The van der Waals surface area contributed by atoms with Crippen LogP contribution in [0.2, 0.25) is 0 Å². The van der Waals surface area contributed by atoms with Crippen LogP contribution in [0.25, 0.3) is 11.0 Å². The molecule has 0 spiro atoms. The summed E-state index contributed by atoms with van der Waals surface area (Å²) in [5.41, 5.74) is 1.66. The molecule has 1 fully saturated rings. The van der Waals surface area contributed by atoms with E-state index in [1.54, 1.807) is 6.92 Å². The highest BCUT2D eigenvalue weighted by molar-refractivity contribution is 5.85. The lowest BCUT2D eigenvalue weighted by atomic mass is 10.1. The largest absolute Gasteiger partial charge is 0.480 e. The molecule has 1 saturated heterocycles. The molecule has 1 aliphatic heterocycles. The summed E-state index contributed by atoms with van der Waals surface area (Å²) in [6.07, 6.45) is -0.651. The van der Waals surface area contributed by atoms with Crippen molar-refractivity contribution < 1.29 is 18.7 Å². The average molecular weight is 374 g/mol. The summed E-state index contributed by atoms with van der Waals surface area (Å²) >= 11 is 0. The van der Waals surface area contributed by atoms with Crippen LogP contribution in [0, 0.1) is 13.8 Å². The van der Waals surface area contributed by atoms with Gasteiger partial charge in [-0.15, -0.1) is 0 Å². The summed E-state index contributed by atoms with van der Waals surface area (Å²) in [7, 11) is 0. The first-order valence-corrected chi connectivity index (χ1v) is 9.24. The molecule has 0 aliphatic carbocycles. The van der Waals surface area contributed by atoms with E-state index < -0.39 is 11.7 Å². The topological polar surface area (TPSA) is 81.0 Å². The fraction of sp³-hybridized carbons (Fsp3) is 0.500. The van der Waals surface area contributed by atoms with Crippen molar-refractivity contribution in [1.82, 2.24) is 10.2 Å². The van der Waals surface area contributed by atoms with Crippen LogP contribution in [0.3, 0.4) is 0 Å². The number of benzene rings is 1. The molecule has 7 nitrogen and oxygen atoms in total. The predicted molar refractivity (Wildman–Crippen MR) is 102 cm³/mol. The molecule has 0 radical (unpaired) electrons. The molecule has 1 atom stereocenters. The Morgan fingerprint density at radius 1 is 1.30 bits per heavy atom. The zero-order chi connectivity index (χ0) is 19.4. The molecular weight excluding hydrogens is 348 g/mol. The Labute approximate surface area is 158 Å². The SMILES string of the molecule is Cc1cc(=O)oc2c(C)c(O[C@H](C)C(=O)NCCN3CCOCC3)ccc12. The van der Waals surface area contributed by atoms with Crippen molar-refractivity contribution in [1.29, 1.82) is 0 Å². The second-order valence-electron chi connectivity index (χ2n) is 6.82. The van der Waals surface area contributed by atoms with E-state index in [0.717, 1.165) is 43.8 Å². The van der Waals surface area contributed by atoms with Gasteiger partial charge in [-0.25, -0.2) is 4.79 Å². The number of rotatable bonds is 6. The molecule has 1 amide bonds. The van der Waals surface area contributed by atoms with Gasteiger partial charge in [-0.05, 0) is 38.5 Å². The molecule has 1 aliphatic rings. The van der Waals surface area contributed by atoms with Gasteiger partial charge in [0.1, 0.15) is 11.3 Å². The van der Waals surface area contributed by atoms with E-state index >= 15 is 0 Å². The molecule has 1 N–H and O–H groups in total. The van der Waals surface area contributed by atoms with E-state index in [1.165, 1.54) is 6.07 Å².